The Balaban J connectivity index is 1.49. The molecule has 3 aliphatic heterocycles. The van der Waals surface area contributed by atoms with Crippen molar-refractivity contribution >= 4 is 23.8 Å². The third-order valence-corrected chi connectivity index (χ3v) is 5.82. The normalized spacial score (nSPS) is 20.7. The SMILES string of the molecule is COc1ccc2c(c1)C(=O)N(C[C@@]1(C#Cc3cccc4c3CNC4=O)NC(=O)NC1=O)C2. The number of benzene rings is 2. The molecule has 0 unspecified atom stereocenters. The van der Waals surface area contributed by atoms with Crippen LogP contribution in [0.2, 0.25) is 0 Å². The number of amides is 5. The maximum Gasteiger partial charge on any atom is 0.323 e. The second-order valence-corrected chi connectivity index (χ2v) is 7.76. The lowest BCUT2D eigenvalue weighted by atomic mass is 9.97. The Kier molecular flexibility index (Phi) is 4.37. The average molecular weight is 430 g/mol. The summed E-state index contributed by atoms with van der Waals surface area (Å²) in [6, 6.07) is 9.71. The molecule has 160 valence electrons. The summed E-state index contributed by atoms with van der Waals surface area (Å²) in [5.41, 5.74) is 1.52. The van der Waals surface area contributed by atoms with E-state index in [1.54, 1.807) is 36.4 Å². The summed E-state index contributed by atoms with van der Waals surface area (Å²) in [5.74, 6) is 5.31. The van der Waals surface area contributed by atoms with E-state index in [1.807, 2.05) is 0 Å². The smallest absolute Gasteiger partial charge is 0.323 e. The van der Waals surface area contributed by atoms with E-state index in [0.717, 1.165) is 11.1 Å². The number of hydrogen-bond acceptors (Lipinski definition) is 5. The van der Waals surface area contributed by atoms with Crippen LogP contribution in [0, 0.1) is 11.8 Å². The topological polar surface area (TPSA) is 117 Å². The van der Waals surface area contributed by atoms with Gasteiger partial charge in [0.25, 0.3) is 17.7 Å². The van der Waals surface area contributed by atoms with Crippen LogP contribution < -0.4 is 20.7 Å². The van der Waals surface area contributed by atoms with Gasteiger partial charge in [-0.1, -0.05) is 24.0 Å². The molecule has 3 heterocycles. The van der Waals surface area contributed by atoms with E-state index in [2.05, 4.69) is 27.8 Å². The fourth-order valence-electron chi connectivity index (χ4n) is 4.16. The molecule has 3 N–H and O–H groups in total. The quantitative estimate of drug-likeness (QED) is 0.485. The Hall–Kier alpha value is -4.32. The summed E-state index contributed by atoms with van der Waals surface area (Å²) in [5, 5.41) is 7.55. The Bertz CT molecular complexity index is 1270. The summed E-state index contributed by atoms with van der Waals surface area (Å²) < 4.78 is 5.20. The number of carbonyl (C=O) groups excluding carboxylic acids is 4. The van der Waals surface area contributed by atoms with Crippen molar-refractivity contribution in [3.8, 4) is 17.6 Å². The largest absolute Gasteiger partial charge is 0.497 e. The molecule has 1 saturated heterocycles. The molecule has 9 heteroatoms. The standard InChI is InChI=1S/C23H18N4O5/c1-32-15-6-5-14-11-27(20(29)17(14)9-15)12-23(21(30)25-22(31)26-23)8-7-13-3-2-4-16-18(13)10-24-19(16)28/h2-6,9H,10-12H2,1H3,(H,24,28)(H2,25,26,30,31)/t23-/m1/s1. The fraction of sp³-hybridized carbons (Fsp3) is 0.217. The van der Waals surface area contributed by atoms with Gasteiger partial charge in [0.2, 0.25) is 5.54 Å². The molecule has 2 aromatic carbocycles. The highest BCUT2D eigenvalue weighted by molar-refractivity contribution is 6.10. The van der Waals surface area contributed by atoms with E-state index in [9.17, 15) is 19.2 Å². The minimum absolute atomic E-state index is 0.125. The number of imide groups is 1. The maximum absolute atomic E-state index is 13.0. The van der Waals surface area contributed by atoms with Crippen LogP contribution in [-0.2, 0) is 17.9 Å². The number of carbonyl (C=O) groups is 4. The van der Waals surface area contributed by atoms with Crippen molar-refractivity contribution in [2.75, 3.05) is 13.7 Å². The van der Waals surface area contributed by atoms with E-state index in [-0.39, 0.29) is 24.9 Å². The van der Waals surface area contributed by atoms with Gasteiger partial charge in [-0.05, 0) is 35.4 Å². The molecular weight excluding hydrogens is 412 g/mol. The summed E-state index contributed by atoms with van der Waals surface area (Å²) >= 11 is 0. The minimum atomic E-state index is -1.61. The minimum Gasteiger partial charge on any atom is -0.497 e. The number of rotatable bonds is 3. The summed E-state index contributed by atoms with van der Waals surface area (Å²) in [7, 11) is 1.52. The molecule has 0 aliphatic carbocycles. The highest BCUT2D eigenvalue weighted by Crippen LogP contribution is 2.28. The van der Waals surface area contributed by atoms with E-state index in [0.29, 0.717) is 29.0 Å². The van der Waals surface area contributed by atoms with Gasteiger partial charge >= 0.3 is 6.03 Å². The lowest BCUT2D eigenvalue weighted by Gasteiger charge is -2.26. The van der Waals surface area contributed by atoms with Crippen LogP contribution in [0.1, 0.15) is 37.4 Å². The number of urea groups is 1. The number of nitrogens with zero attached hydrogens (tertiary/aromatic N) is 1. The predicted molar refractivity (Wildman–Crippen MR) is 112 cm³/mol. The highest BCUT2D eigenvalue weighted by atomic mass is 16.5. The van der Waals surface area contributed by atoms with Gasteiger partial charge in [0.05, 0.1) is 13.7 Å². The zero-order chi connectivity index (χ0) is 22.5. The van der Waals surface area contributed by atoms with Gasteiger partial charge in [-0.25, -0.2) is 4.79 Å². The number of methoxy groups -OCH3 is 1. The van der Waals surface area contributed by atoms with Crippen LogP contribution in [-0.4, -0.2) is 47.8 Å². The number of hydrogen-bond donors (Lipinski definition) is 3. The van der Waals surface area contributed by atoms with Gasteiger partial charge in [-0.3, -0.25) is 19.7 Å². The zero-order valence-corrected chi connectivity index (χ0v) is 17.1. The van der Waals surface area contributed by atoms with Crippen molar-refractivity contribution < 1.29 is 23.9 Å². The van der Waals surface area contributed by atoms with E-state index >= 15 is 0 Å². The summed E-state index contributed by atoms with van der Waals surface area (Å²) in [6.45, 7) is 0.496. The molecule has 9 nitrogen and oxygen atoms in total. The van der Waals surface area contributed by atoms with Gasteiger partial charge in [0.15, 0.2) is 0 Å². The molecule has 0 saturated carbocycles. The molecule has 0 aromatic heterocycles. The monoisotopic (exact) mass is 430 g/mol. The van der Waals surface area contributed by atoms with Crippen LogP contribution >= 0.6 is 0 Å². The number of ether oxygens (including phenoxy) is 1. The lowest BCUT2D eigenvalue weighted by Crippen LogP contribution is -2.54. The second kappa shape index (κ2) is 7.13. The van der Waals surface area contributed by atoms with Gasteiger partial charge in [0.1, 0.15) is 5.75 Å². The summed E-state index contributed by atoms with van der Waals surface area (Å²) in [4.78, 5) is 51.1. The molecule has 3 aliphatic rings. The Morgan fingerprint density at radius 1 is 1.12 bits per heavy atom. The Morgan fingerprint density at radius 2 is 1.97 bits per heavy atom. The van der Waals surface area contributed by atoms with Crippen LogP contribution in [0.3, 0.4) is 0 Å². The zero-order valence-electron chi connectivity index (χ0n) is 17.1. The third-order valence-electron chi connectivity index (χ3n) is 5.82. The van der Waals surface area contributed by atoms with Crippen molar-refractivity contribution in [2.24, 2.45) is 0 Å². The molecule has 0 bridgehead atoms. The average Bonchev–Trinajstić information content (AvgIpc) is 3.40. The van der Waals surface area contributed by atoms with E-state index < -0.39 is 17.5 Å². The van der Waals surface area contributed by atoms with Crippen molar-refractivity contribution in [2.45, 2.75) is 18.6 Å². The first-order valence-corrected chi connectivity index (χ1v) is 9.93. The molecule has 5 amide bonds. The van der Waals surface area contributed by atoms with Crippen molar-refractivity contribution in [3.63, 3.8) is 0 Å². The van der Waals surface area contributed by atoms with Crippen molar-refractivity contribution in [3.05, 3.63) is 64.2 Å². The van der Waals surface area contributed by atoms with E-state index in [4.69, 9.17) is 4.74 Å². The van der Waals surface area contributed by atoms with Crippen LogP contribution in [0.5, 0.6) is 5.75 Å². The molecule has 32 heavy (non-hydrogen) atoms. The van der Waals surface area contributed by atoms with Gasteiger partial charge in [-0.15, -0.1) is 0 Å². The predicted octanol–water partition coefficient (Wildman–Crippen LogP) is 0.524. The maximum atomic E-state index is 13.0. The van der Waals surface area contributed by atoms with Gasteiger partial charge in [-0.2, -0.15) is 0 Å². The van der Waals surface area contributed by atoms with Crippen LogP contribution in [0.15, 0.2) is 36.4 Å². The fourth-order valence-corrected chi connectivity index (χ4v) is 4.16. The number of nitrogens with one attached hydrogen (secondary N) is 3. The van der Waals surface area contributed by atoms with Crippen LogP contribution in [0.25, 0.3) is 0 Å². The Labute approximate surface area is 183 Å². The molecule has 0 spiro atoms. The molecular formula is C23H18N4O5. The van der Waals surface area contributed by atoms with Crippen molar-refractivity contribution in [1.82, 2.24) is 20.9 Å². The van der Waals surface area contributed by atoms with Gasteiger partial charge in [0, 0.05) is 29.8 Å². The first-order chi connectivity index (χ1) is 15.4. The molecule has 5 rings (SSSR count). The number of fused-ring (bicyclic) bond motifs is 2. The Morgan fingerprint density at radius 3 is 2.72 bits per heavy atom. The first-order valence-electron chi connectivity index (χ1n) is 9.93. The second-order valence-electron chi connectivity index (χ2n) is 7.76. The molecule has 2 aromatic rings. The first kappa shape index (κ1) is 19.6. The van der Waals surface area contributed by atoms with Gasteiger partial charge < -0.3 is 20.3 Å². The third kappa shape index (κ3) is 3.04. The molecule has 1 atom stereocenters. The highest BCUT2D eigenvalue weighted by Gasteiger charge is 2.48. The van der Waals surface area contributed by atoms with E-state index in [1.165, 1.54) is 12.0 Å². The summed E-state index contributed by atoms with van der Waals surface area (Å²) in [6.07, 6.45) is 0. The van der Waals surface area contributed by atoms with Crippen molar-refractivity contribution in [1.29, 1.82) is 0 Å². The molecule has 1 fully saturated rings. The molecule has 0 radical (unpaired) electrons. The lowest BCUT2D eigenvalue weighted by molar-refractivity contribution is -0.122. The van der Waals surface area contributed by atoms with Crippen LogP contribution in [0.4, 0.5) is 4.79 Å².